The number of anilines is 1. The van der Waals surface area contributed by atoms with Gasteiger partial charge in [0.25, 0.3) is 15.9 Å². The van der Waals surface area contributed by atoms with E-state index in [0.717, 1.165) is 0 Å². The number of rotatable bonds is 4. The van der Waals surface area contributed by atoms with E-state index in [9.17, 15) is 13.2 Å². The lowest BCUT2D eigenvalue weighted by Crippen LogP contribution is -2.40. The zero-order valence-electron chi connectivity index (χ0n) is 14.2. The fourth-order valence-corrected chi connectivity index (χ4v) is 4.28. The Morgan fingerprint density at radius 3 is 2.42 bits per heavy atom. The summed E-state index contributed by atoms with van der Waals surface area (Å²) < 4.78 is 32.9. The number of halogens is 1. The van der Waals surface area contributed by atoms with Gasteiger partial charge in [-0.2, -0.15) is 0 Å². The minimum absolute atomic E-state index is 0.0895. The molecule has 0 aromatic heterocycles. The molecule has 0 aliphatic carbocycles. The molecule has 2 aromatic rings. The van der Waals surface area contributed by atoms with Crippen LogP contribution in [0.25, 0.3) is 0 Å². The summed E-state index contributed by atoms with van der Waals surface area (Å²) in [6.45, 7) is 3.83. The van der Waals surface area contributed by atoms with Gasteiger partial charge in [-0.3, -0.25) is 9.52 Å². The van der Waals surface area contributed by atoms with Crippen molar-refractivity contribution in [3.63, 3.8) is 0 Å². The highest BCUT2D eigenvalue weighted by molar-refractivity contribution is 7.92. The molecule has 0 unspecified atom stereocenters. The molecule has 0 radical (unpaired) electrons. The van der Waals surface area contributed by atoms with E-state index in [-0.39, 0.29) is 10.8 Å². The monoisotopic (exact) mass is 394 g/mol. The number of nitrogens with one attached hydrogen (secondary N) is 1. The van der Waals surface area contributed by atoms with Gasteiger partial charge in [0.1, 0.15) is 0 Å². The van der Waals surface area contributed by atoms with E-state index in [2.05, 4.69) is 4.72 Å². The van der Waals surface area contributed by atoms with Crippen LogP contribution in [-0.2, 0) is 14.8 Å². The van der Waals surface area contributed by atoms with E-state index < -0.39 is 10.0 Å². The van der Waals surface area contributed by atoms with Crippen LogP contribution in [0.5, 0.6) is 0 Å². The van der Waals surface area contributed by atoms with Crippen molar-refractivity contribution in [1.29, 1.82) is 0 Å². The van der Waals surface area contributed by atoms with Gasteiger partial charge in [-0.15, -0.1) is 0 Å². The average molecular weight is 395 g/mol. The quantitative estimate of drug-likeness (QED) is 0.865. The maximum atomic E-state index is 12.6. The molecule has 138 valence electrons. The number of carbonyl (C=O) groups excluding carboxylic acids is 1. The number of morpholine rings is 1. The maximum Gasteiger partial charge on any atom is 0.262 e. The predicted molar refractivity (Wildman–Crippen MR) is 100 cm³/mol. The number of sulfonamides is 1. The van der Waals surface area contributed by atoms with Crippen molar-refractivity contribution >= 4 is 33.2 Å². The fourth-order valence-electron chi connectivity index (χ4n) is 2.72. The number of nitrogens with zero attached hydrogens (tertiary/aromatic N) is 1. The standard InChI is InChI=1S/C18H19ClN2O4S/c1-13-16(19)3-2-4-17(13)26(23,24)20-15-7-5-14(6-8-15)18(22)21-9-11-25-12-10-21/h2-8,20H,9-12H2,1H3. The van der Waals surface area contributed by atoms with Gasteiger partial charge in [0.2, 0.25) is 0 Å². The molecule has 8 heteroatoms. The lowest BCUT2D eigenvalue weighted by molar-refractivity contribution is 0.0303. The number of hydrogen-bond acceptors (Lipinski definition) is 4. The Balaban J connectivity index is 1.76. The zero-order valence-corrected chi connectivity index (χ0v) is 15.8. The van der Waals surface area contributed by atoms with Crippen molar-refractivity contribution in [3.05, 3.63) is 58.6 Å². The van der Waals surface area contributed by atoms with Gasteiger partial charge in [0, 0.05) is 29.4 Å². The fraction of sp³-hybridized carbons (Fsp3) is 0.278. The van der Waals surface area contributed by atoms with E-state index >= 15 is 0 Å². The molecule has 1 fully saturated rings. The minimum Gasteiger partial charge on any atom is -0.378 e. The number of benzene rings is 2. The highest BCUT2D eigenvalue weighted by atomic mass is 35.5. The van der Waals surface area contributed by atoms with E-state index in [4.69, 9.17) is 16.3 Å². The highest BCUT2D eigenvalue weighted by Crippen LogP contribution is 2.25. The molecule has 1 saturated heterocycles. The topological polar surface area (TPSA) is 75.7 Å². The van der Waals surface area contributed by atoms with E-state index in [1.165, 1.54) is 6.07 Å². The van der Waals surface area contributed by atoms with E-state index in [0.29, 0.717) is 48.1 Å². The minimum atomic E-state index is -3.77. The van der Waals surface area contributed by atoms with Crippen molar-refractivity contribution < 1.29 is 17.9 Å². The molecule has 6 nitrogen and oxygen atoms in total. The van der Waals surface area contributed by atoms with Crippen LogP contribution in [0, 0.1) is 6.92 Å². The molecular formula is C18H19ClN2O4S. The second-order valence-corrected chi connectivity index (χ2v) is 8.01. The molecule has 0 saturated carbocycles. The Labute approximate surface area is 157 Å². The highest BCUT2D eigenvalue weighted by Gasteiger charge is 2.20. The first-order chi connectivity index (χ1) is 12.4. The Morgan fingerprint density at radius 2 is 1.77 bits per heavy atom. The summed E-state index contributed by atoms with van der Waals surface area (Å²) in [5, 5.41) is 0.388. The van der Waals surface area contributed by atoms with Gasteiger partial charge in [0.05, 0.1) is 18.1 Å². The first kappa shape index (κ1) is 18.7. The van der Waals surface area contributed by atoms with Gasteiger partial charge < -0.3 is 9.64 Å². The van der Waals surface area contributed by atoms with Crippen molar-refractivity contribution in [2.75, 3.05) is 31.0 Å². The van der Waals surface area contributed by atoms with Crippen LogP contribution in [0.2, 0.25) is 5.02 Å². The SMILES string of the molecule is Cc1c(Cl)cccc1S(=O)(=O)Nc1ccc(C(=O)N2CCOCC2)cc1. The normalized spacial score (nSPS) is 14.9. The molecule has 0 atom stereocenters. The van der Waals surface area contributed by atoms with Crippen LogP contribution in [0.3, 0.4) is 0 Å². The third-order valence-corrected chi connectivity index (χ3v) is 6.13. The molecule has 1 amide bonds. The number of carbonyl (C=O) groups is 1. The van der Waals surface area contributed by atoms with Gasteiger partial charge in [-0.1, -0.05) is 17.7 Å². The largest absolute Gasteiger partial charge is 0.378 e. The number of ether oxygens (including phenoxy) is 1. The molecule has 1 aliphatic rings. The van der Waals surface area contributed by atoms with Gasteiger partial charge >= 0.3 is 0 Å². The van der Waals surface area contributed by atoms with Crippen LogP contribution in [0.1, 0.15) is 15.9 Å². The first-order valence-corrected chi connectivity index (χ1v) is 9.99. The molecule has 0 spiro atoms. The second-order valence-electron chi connectivity index (χ2n) is 5.95. The zero-order chi connectivity index (χ0) is 18.7. The molecule has 1 heterocycles. The average Bonchev–Trinajstić information content (AvgIpc) is 2.64. The van der Waals surface area contributed by atoms with Crippen molar-refractivity contribution in [1.82, 2.24) is 4.90 Å². The Kier molecular flexibility index (Phi) is 5.50. The Bertz CT molecular complexity index is 907. The summed E-state index contributed by atoms with van der Waals surface area (Å²) in [6.07, 6.45) is 0. The van der Waals surface area contributed by atoms with Gasteiger partial charge in [0.15, 0.2) is 0 Å². The first-order valence-electron chi connectivity index (χ1n) is 8.13. The smallest absolute Gasteiger partial charge is 0.262 e. The summed E-state index contributed by atoms with van der Waals surface area (Å²) >= 11 is 6.01. The summed E-state index contributed by atoms with van der Waals surface area (Å²) in [6, 6.07) is 11.1. The molecule has 26 heavy (non-hydrogen) atoms. The molecule has 2 aromatic carbocycles. The van der Waals surface area contributed by atoms with Crippen LogP contribution in [0.4, 0.5) is 5.69 Å². The molecule has 1 aliphatic heterocycles. The number of amides is 1. The van der Waals surface area contributed by atoms with Crippen molar-refractivity contribution in [2.45, 2.75) is 11.8 Å². The maximum absolute atomic E-state index is 12.6. The summed E-state index contributed by atoms with van der Waals surface area (Å²) in [5.41, 5.74) is 1.37. The third-order valence-electron chi connectivity index (χ3n) is 4.19. The second kappa shape index (κ2) is 7.65. The van der Waals surface area contributed by atoms with Gasteiger partial charge in [-0.05, 0) is 48.9 Å². The van der Waals surface area contributed by atoms with Crippen LogP contribution < -0.4 is 4.72 Å². The molecule has 0 bridgehead atoms. The third kappa shape index (κ3) is 4.00. The molecule has 1 N–H and O–H groups in total. The summed E-state index contributed by atoms with van der Waals surface area (Å²) in [5.74, 6) is -0.0895. The van der Waals surface area contributed by atoms with Crippen molar-refractivity contribution in [2.24, 2.45) is 0 Å². The summed E-state index contributed by atoms with van der Waals surface area (Å²) in [7, 11) is -3.77. The predicted octanol–water partition coefficient (Wildman–Crippen LogP) is 2.92. The Hall–Kier alpha value is -2.09. The van der Waals surface area contributed by atoms with E-state index in [1.807, 2.05) is 0 Å². The van der Waals surface area contributed by atoms with Crippen molar-refractivity contribution in [3.8, 4) is 0 Å². The van der Waals surface area contributed by atoms with Crippen LogP contribution in [-0.4, -0.2) is 45.5 Å². The lowest BCUT2D eigenvalue weighted by Gasteiger charge is -2.26. The lowest BCUT2D eigenvalue weighted by atomic mass is 10.2. The molecular weight excluding hydrogens is 376 g/mol. The van der Waals surface area contributed by atoms with E-state index in [1.54, 1.807) is 48.2 Å². The Morgan fingerprint density at radius 1 is 1.12 bits per heavy atom. The molecule has 3 rings (SSSR count). The van der Waals surface area contributed by atoms with Crippen LogP contribution in [0.15, 0.2) is 47.4 Å². The summed E-state index contributed by atoms with van der Waals surface area (Å²) in [4.78, 5) is 14.3. The number of hydrogen-bond donors (Lipinski definition) is 1. The van der Waals surface area contributed by atoms with Crippen LogP contribution >= 0.6 is 11.6 Å². The van der Waals surface area contributed by atoms with Gasteiger partial charge in [-0.25, -0.2) is 8.42 Å².